The molecule has 0 aromatic carbocycles. The number of hydrogen-bond donors (Lipinski definition) is 1. The highest BCUT2D eigenvalue weighted by Gasteiger charge is 2.19. The molecule has 1 saturated heterocycles. The van der Waals surface area contributed by atoms with Gasteiger partial charge in [0.15, 0.2) is 0 Å². The topological polar surface area (TPSA) is 48.5 Å². The molecule has 1 atom stereocenters. The molecule has 1 aromatic heterocycles. The Morgan fingerprint density at radius 2 is 2.00 bits per heavy atom. The molecule has 5 heteroatoms. The van der Waals surface area contributed by atoms with Crippen molar-refractivity contribution in [3.05, 3.63) is 30.1 Å². The molecule has 2 rings (SSSR count). The molecule has 2 heterocycles. The van der Waals surface area contributed by atoms with E-state index >= 15 is 0 Å². The van der Waals surface area contributed by atoms with Crippen LogP contribution in [0.5, 0.6) is 0 Å². The van der Waals surface area contributed by atoms with Crippen molar-refractivity contribution in [3.63, 3.8) is 0 Å². The SMILES string of the molecule is CCC(C)NC(=O)CN1CCN(Cc2ccccn2)CC1. The summed E-state index contributed by atoms with van der Waals surface area (Å²) >= 11 is 0. The van der Waals surface area contributed by atoms with E-state index in [9.17, 15) is 4.79 Å². The van der Waals surface area contributed by atoms with Crippen LogP contribution in [0.4, 0.5) is 0 Å². The molecule has 1 N–H and O–H groups in total. The number of piperazine rings is 1. The summed E-state index contributed by atoms with van der Waals surface area (Å²) in [7, 11) is 0. The Morgan fingerprint density at radius 1 is 1.29 bits per heavy atom. The van der Waals surface area contributed by atoms with E-state index in [1.54, 1.807) is 0 Å². The normalized spacial score (nSPS) is 18.4. The highest BCUT2D eigenvalue weighted by Crippen LogP contribution is 2.06. The van der Waals surface area contributed by atoms with Crippen molar-refractivity contribution in [1.82, 2.24) is 20.1 Å². The summed E-state index contributed by atoms with van der Waals surface area (Å²) in [5.41, 5.74) is 1.11. The van der Waals surface area contributed by atoms with Gasteiger partial charge in [0.25, 0.3) is 0 Å². The molecule has 1 fully saturated rings. The smallest absolute Gasteiger partial charge is 0.234 e. The fourth-order valence-electron chi connectivity index (χ4n) is 2.45. The second-order valence-corrected chi connectivity index (χ2v) is 5.75. The van der Waals surface area contributed by atoms with Gasteiger partial charge in [-0.25, -0.2) is 0 Å². The second kappa shape index (κ2) is 8.10. The minimum atomic E-state index is 0.141. The summed E-state index contributed by atoms with van der Waals surface area (Å²) in [6.07, 6.45) is 2.81. The van der Waals surface area contributed by atoms with Gasteiger partial charge in [-0.2, -0.15) is 0 Å². The number of aromatic nitrogens is 1. The number of carbonyl (C=O) groups is 1. The molecule has 0 aliphatic carbocycles. The van der Waals surface area contributed by atoms with Gasteiger partial charge >= 0.3 is 0 Å². The first kappa shape index (κ1) is 15.9. The third kappa shape index (κ3) is 5.44. The first-order chi connectivity index (χ1) is 10.2. The lowest BCUT2D eigenvalue weighted by molar-refractivity contribution is -0.123. The van der Waals surface area contributed by atoms with Crippen molar-refractivity contribution in [2.24, 2.45) is 0 Å². The highest BCUT2D eigenvalue weighted by molar-refractivity contribution is 5.78. The Balaban J connectivity index is 1.69. The molecule has 116 valence electrons. The van der Waals surface area contributed by atoms with Crippen LogP contribution < -0.4 is 5.32 Å². The summed E-state index contributed by atoms with van der Waals surface area (Å²) in [5, 5.41) is 3.02. The Hall–Kier alpha value is -1.46. The lowest BCUT2D eigenvalue weighted by atomic mass is 10.2. The van der Waals surface area contributed by atoms with Crippen LogP contribution in [0.3, 0.4) is 0 Å². The summed E-state index contributed by atoms with van der Waals surface area (Å²) in [6, 6.07) is 6.30. The van der Waals surface area contributed by atoms with E-state index in [1.807, 2.05) is 25.3 Å². The van der Waals surface area contributed by atoms with Crippen molar-refractivity contribution in [3.8, 4) is 0 Å². The van der Waals surface area contributed by atoms with Crippen LogP contribution >= 0.6 is 0 Å². The zero-order valence-corrected chi connectivity index (χ0v) is 13.1. The van der Waals surface area contributed by atoms with Crippen molar-refractivity contribution in [2.45, 2.75) is 32.9 Å². The molecule has 1 amide bonds. The van der Waals surface area contributed by atoms with Crippen LogP contribution in [0.25, 0.3) is 0 Å². The minimum absolute atomic E-state index is 0.141. The molecule has 0 spiro atoms. The molecule has 21 heavy (non-hydrogen) atoms. The molecule has 0 bridgehead atoms. The van der Waals surface area contributed by atoms with E-state index in [1.165, 1.54) is 0 Å². The molecule has 1 aliphatic rings. The van der Waals surface area contributed by atoms with Crippen molar-refractivity contribution in [2.75, 3.05) is 32.7 Å². The average Bonchev–Trinajstić information content (AvgIpc) is 2.50. The van der Waals surface area contributed by atoms with Crippen LogP contribution in [0, 0.1) is 0 Å². The Labute approximate surface area is 127 Å². The zero-order valence-electron chi connectivity index (χ0n) is 13.1. The Morgan fingerprint density at radius 3 is 2.62 bits per heavy atom. The van der Waals surface area contributed by atoms with Gasteiger partial charge in [0.2, 0.25) is 5.91 Å². The Kier molecular flexibility index (Phi) is 6.14. The van der Waals surface area contributed by atoms with Crippen LogP contribution in [0.15, 0.2) is 24.4 Å². The Bertz CT molecular complexity index is 429. The van der Waals surface area contributed by atoms with Gasteiger partial charge < -0.3 is 5.32 Å². The summed E-state index contributed by atoms with van der Waals surface area (Å²) in [6.45, 7) is 9.42. The average molecular weight is 290 g/mol. The summed E-state index contributed by atoms with van der Waals surface area (Å²) in [5.74, 6) is 0.141. The zero-order chi connectivity index (χ0) is 15.1. The summed E-state index contributed by atoms with van der Waals surface area (Å²) < 4.78 is 0. The molecule has 1 unspecified atom stereocenters. The van der Waals surface area contributed by atoms with E-state index in [2.05, 4.69) is 33.1 Å². The highest BCUT2D eigenvalue weighted by atomic mass is 16.2. The molecule has 1 aromatic rings. The van der Waals surface area contributed by atoms with Gasteiger partial charge in [0.05, 0.1) is 12.2 Å². The second-order valence-electron chi connectivity index (χ2n) is 5.75. The minimum Gasteiger partial charge on any atom is -0.353 e. The van der Waals surface area contributed by atoms with Gasteiger partial charge in [-0.1, -0.05) is 13.0 Å². The number of hydrogen-bond acceptors (Lipinski definition) is 4. The van der Waals surface area contributed by atoms with Crippen LogP contribution in [0.2, 0.25) is 0 Å². The number of amides is 1. The van der Waals surface area contributed by atoms with E-state index in [4.69, 9.17) is 0 Å². The van der Waals surface area contributed by atoms with Gasteiger partial charge in [0, 0.05) is 45.0 Å². The predicted molar refractivity (Wildman–Crippen MR) is 83.8 cm³/mol. The fraction of sp³-hybridized carbons (Fsp3) is 0.625. The number of pyridine rings is 1. The maximum Gasteiger partial charge on any atom is 0.234 e. The third-order valence-corrected chi connectivity index (χ3v) is 3.96. The molecule has 1 aliphatic heterocycles. The number of rotatable bonds is 6. The first-order valence-corrected chi connectivity index (χ1v) is 7.81. The monoisotopic (exact) mass is 290 g/mol. The molecular formula is C16H26N4O. The number of nitrogens with zero attached hydrogens (tertiary/aromatic N) is 3. The van der Waals surface area contributed by atoms with Gasteiger partial charge in [0.1, 0.15) is 0 Å². The van der Waals surface area contributed by atoms with Crippen molar-refractivity contribution in [1.29, 1.82) is 0 Å². The van der Waals surface area contributed by atoms with Crippen LogP contribution in [0.1, 0.15) is 26.0 Å². The maximum atomic E-state index is 11.9. The number of carbonyl (C=O) groups excluding carboxylic acids is 1. The van der Waals surface area contributed by atoms with E-state index in [0.29, 0.717) is 6.54 Å². The largest absolute Gasteiger partial charge is 0.353 e. The van der Waals surface area contributed by atoms with E-state index in [0.717, 1.165) is 44.8 Å². The fourth-order valence-corrected chi connectivity index (χ4v) is 2.45. The summed E-state index contributed by atoms with van der Waals surface area (Å²) in [4.78, 5) is 20.9. The number of nitrogens with one attached hydrogen (secondary N) is 1. The van der Waals surface area contributed by atoms with E-state index in [-0.39, 0.29) is 11.9 Å². The quantitative estimate of drug-likeness (QED) is 0.853. The van der Waals surface area contributed by atoms with Crippen LogP contribution in [-0.4, -0.2) is 59.5 Å². The van der Waals surface area contributed by atoms with Gasteiger partial charge in [-0.3, -0.25) is 19.6 Å². The lowest BCUT2D eigenvalue weighted by Crippen LogP contribution is -2.49. The van der Waals surface area contributed by atoms with Gasteiger partial charge in [-0.15, -0.1) is 0 Å². The lowest BCUT2D eigenvalue weighted by Gasteiger charge is -2.34. The molecule has 5 nitrogen and oxygen atoms in total. The first-order valence-electron chi connectivity index (χ1n) is 7.81. The van der Waals surface area contributed by atoms with Crippen LogP contribution in [-0.2, 0) is 11.3 Å². The van der Waals surface area contributed by atoms with E-state index < -0.39 is 0 Å². The molecule has 0 saturated carbocycles. The molecule has 0 radical (unpaired) electrons. The standard InChI is InChI=1S/C16H26N4O/c1-3-14(2)18-16(21)13-20-10-8-19(9-11-20)12-15-6-4-5-7-17-15/h4-7,14H,3,8-13H2,1-2H3,(H,18,21). The van der Waals surface area contributed by atoms with Crippen molar-refractivity contribution < 1.29 is 4.79 Å². The maximum absolute atomic E-state index is 11.9. The third-order valence-electron chi connectivity index (χ3n) is 3.96. The predicted octanol–water partition coefficient (Wildman–Crippen LogP) is 1.11. The van der Waals surface area contributed by atoms with Crippen molar-refractivity contribution >= 4 is 5.91 Å². The van der Waals surface area contributed by atoms with Gasteiger partial charge in [-0.05, 0) is 25.5 Å². The molecular weight excluding hydrogens is 264 g/mol.